The number of nitrogens with zero attached hydrogens (tertiary/aromatic N) is 7. The van der Waals surface area contributed by atoms with E-state index in [0.29, 0.717) is 39.9 Å². The van der Waals surface area contributed by atoms with Crippen molar-refractivity contribution >= 4 is 52.8 Å². The topological polar surface area (TPSA) is 254 Å². The Kier molecular flexibility index (Phi) is 16.3. The highest BCUT2D eigenvalue weighted by Gasteiger charge is 2.20. The van der Waals surface area contributed by atoms with Crippen LogP contribution in [0.2, 0.25) is 0 Å². The standard InChI is InChI=1S/C38H41N9O9S/c1-56-33-9-8-25(15-32(33)42-24-57)26-16-30(28-6-2-3-10-40-28)44-31(17-26)29-7-4-5-27(43-29)18-41-35(49)20-47(23-38(54)55)14-12-45(21-36(50)51)11-13-46(19-34(39)48)22-37(52)53/h2-10,15-17H,11-14,18-23H2,1H3,(H2,39,48)(H,41,49)(H,50,51)(H,52,53)(H,54,55). The number of amides is 2. The number of aliphatic carboxylic acids is 3. The van der Waals surface area contributed by atoms with Crippen LogP contribution in [0.5, 0.6) is 5.75 Å². The van der Waals surface area contributed by atoms with Crippen molar-refractivity contribution < 1.29 is 44.0 Å². The summed E-state index contributed by atoms with van der Waals surface area (Å²) in [6, 6.07) is 20.0. The van der Waals surface area contributed by atoms with E-state index in [1.807, 2.05) is 36.4 Å². The highest BCUT2D eigenvalue weighted by Crippen LogP contribution is 2.35. The first-order chi connectivity index (χ1) is 27.3. The molecule has 19 heteroatoms. The third kappa shape index (κ3) is 14.3. The smallest absolute Gasteiger partial charge is 0.317 e. The minimum absolute atomic E-state index is 0.00219. The van der Waals surface area contributed by atoms with E-state index in [1.54, 1.807) is 36.5 Å². The number of carboxylic acid groups (broad SMARTS) is 3. The number of methoxy groups -OCH3 is 1. The highest BCUT2D eigenvalue weighted by molar-refractivity contribution is 7.78. The molecule has 3 heterocycles. The van der Waals surface area contributed by atoms with E-state index in [4.69, 9.17) is 37.8 Å². The number of benzene rings is 1. The van der Waals surface area contributed by atoms with E-state index in [2.05, 4.69) is 20.5 Å². The maximum atomic E-state index is 13.1. The SMILES string of the molecule is COc1ccc(-c2cc(-c3ccccn3)nc(-c3cccc(CNC(=O)CN(CCN(CCN(CC(N)=O)CC(=O)O)CC(=O)O)CC(=O)O)n3)c2)cc1N=C=S. The summed E-state index contributed by atoms with van der Waals surface area (Å²) in [5.74, 6) is -4.30. The molecule has 0 aliphatic heterocycles. The summed E-state index contributed by atoms with van der Waals surface area (Å²) < 4.78 is 5.41. The fraction of sp³-hybridized carbons (Fsp3) is 0.289. The largest absolute Gasteiger partial charge is 0.494 e. The molecule has 0 saturated carbocycles. The fourth-order valence-corrected chi connectivity index (χ4v) is 5.81. The summed E-state index contributed by atoms with van der Waals surface area (Å²) in [6.45, 7) is -2.06. The lowest BCUT2D eigenvalue weighted by atomic mass is 10.0. The van der Waals surface area contributed by atoms with Crippen LogP contribution in [0.15, 0.2) is 77.9 Å². The first-order valence-corrected chi connectivity index (χ1v) is 17.8. The van der Waals surface area contributed by atoms with Crippen molar-refractivity contribution in [1.29, 1.82) is 0 Å². The van der Waals surface area contributed by atoms with Gasteiger partial charge in [-0.25, -0.2) is 9.97 Å². The number of primary amides is 1. The van der Waals surface area contributed by atoms with Crippen molar-refractivity contribution in [3.8, 4) is 39.7 Å². The molecule has 6 N–H and O–H groups in total. The van der Waals surface area contributed by atoms with Gasteiger partial charge >= 0.3 is 17.9 Å². The minimum atomic E-state index is -1.20. The molecule has 57 heavy (non-hydrogen) atoms. The normalized spacial score (nSPS) is 10.9. The molecule has 298 valence electrons. The van der Waals surface area contributed by atoms with Gasteiger partial charge in [0, 0.05) is 32.4 Å². The van der Waals surface area contributed by atoms with Gasteiger partial charge in [0.1, 0.15) is 11.4 Å². The maximum absolute atomic E-state index is 13.1. The van der Waals surface area contributed by atoms with E-state index in [0.717, 1.165) is 11.1 Å². The molecule has 0 atom stereocenters. The van der Waals surface area contributed by atoms with E-state index in [9.17, 15) is 34.2 Å². The first-order valence-electron chi connectivity index (χ1n) is 17.4. The third-order valence-corrected chi connectivity index (χ3v) is 8.35. The molecule has 1 aromatic carbocycles. The van der Waals surface area contributed by atoms with E-state index >= 15 is 0 Å². The molecule has 0 fully saturated rings. The van der Waals surface area contributed by atoms with Crippen LogP contribution < -0.4 is 15.8 Å². The van der Waals surface area contributed by atoms with Gasteiger partial charge in [0.2, 0.25) is 11.8 Å². The Hall–Kier alpha value is -6.50. The predicted molar refractivity (Wildman–Crippen MR) is 211 cm³/mol. The van der Waals surface area contributed by atoms with Crippen molar-refractivity contribution in [2.24, 2.45) is 10.7 Å². The molecular formula is C38H41N9O9S. The van der Waals surface area contributed by atoms with Crippen molar-refractivity contribution in [3.63, 3.8) is 0 Å². The zero-order valence-corrected chi connectivity index (χ0v) is 31.7. The number of aliphatic imine (C=N–C) groups is 1. The quantitative estimate of drug-likeness (QED) is 0.0530. The lowest BCUT2D eigenvalue weighted by Gasteiger charge is -2.27. The van der Waals surface area contributed by atoms with Crippen LogP contribution in [0.25, 0.3) is 33.9 Å². The van der Waals surface area contributed by atoms with Crippen LogP contribution in [-0.4, -0.2) is 146 Å². The Morgan fingerprint density at radius 2 is 1.35 bits per heavy atom. The molecule has 18 nitrogen and oxygen atoms in total. The average molecular weight is 800 g/mol. The summed E-state index contributed by atoms with van der Waals surface area (Å²) in [7, 11) is 1.54. The molecule has 0 spiro atoms. The summed E-state index contributed by atoms with van der Waals surface area (Å²) >= 11 is 4.83. The number of carbonyl (C=O) groups is 5. The molecule has 4 rings (SSSR count). The minimum Gasteiger partial charge on any atom is -0.494 e. The zero-order valence-electron chi connectivity index (χ0n) is 30.9. The Balaban J connectivity index is 1.49. The number of hydrogen-bond donors (Lipinski definition) is 5. The van der Waals surface area contributed by atoms with Crippen LogP contribution in [0.4, 0.5) is 5.69 Å². The number of carbonyl (C=O) groups excluding carboxylic acids is 2. The van der Waals surface area contributed by atoms with Crippen LogP contribution in [0, 0.1) is 0 Å². The van der Waals surface area contributed by atoms with Gasteiger partial charge in [-0.3, -0.25) is 43.7 Å². The van der Waals surface area contributed by atoms with Gasteiger partial charge in [0.15, 0.2) is 0 Å². The van der Waals surface area contributed by atoms with Gasteiger partial charge in [0.05, 0.1) is 80.0 Å². The van der Waals surface area contributed by atoms with Crippen LogP contribution in [0.3, 0.4) is 0 Å². The molecule has 0 unspecified atom stereocenters. The van der Waals surface area contributed by atoms with E-state index in [1.165, 1.54) is 21.8 Å². The fourth-order valence-electron chi connectivity index (χ4n) is 5.71. The molecule has 3 aromatic heterocycles. The number of hydrogen-bond acceptors (Lipinski definition) is 14. The lowest BCUT2D eigenvalue weighted by molar-refractivity contribution is -0.141. The van der Waals surface area contributed by atoms with Crippen LogP contribution in [0.1, 0.15) is 5.69 Å². The van der Waals surface area contributed by atoms with E-state index in [-0.39, 0.29) is 45.8 Å². The number of isothiocyanates is 1. The average Bonchev–Trinajstić information content (AvgIpc) is 3.17. The predicted octanol–water partition coefficient (Wildman–Crippen LogP) is 1.88. The van der Waals surface area contributed by atoms with Crippen molar-refractivity contribution in [2.45, 2.75) is 6.54 Å². The molecule has 0 aliphatic carbocycles. The van der Waals surface area contributed by atoms with Gasteiger partial charge in [-0.1, -0.05) is 18.2 Å². The number of carboxylic acids is 3. The number of rotatable bonds is 23. The number of aromatic nitrogens is 3. The van der Waals surface area contributed by atoms with Crippen LogP contribution in [-0.2, 0) is 30.5 Å². The molecule has 0 aliphatic rings. The molecule has 0 saturated heterocycles. The first kappa shape index (κ1) is 43.2. The number of ether oxygens (including phenoxy) is 1. The maximum Gasteiger partial charge on any atom is 0.317 e. The van der Waals surface area contributed by atoms with Crippen molar-refractivity contribution in [1.82, 2.24) is 35.0 Å². The number of thiocarbonyl (C=S) groups is 1. The molecule has 0 bridgehead atoms. The Bertz CT molecular complexity index is 2100. The zero-order chi connectivity index (χ0) is 41.3. The van der Waals surface area contributed by atoms with Crippen LogP contribution >= 0.6 is 12.2 Å². The molecule has 4 aromatic rings. The van der Waals surface area contributed by atoms with Crippen molar-refractivity contribution in [3.05, 3.63) is 78.6 Å². The second kappa shape index (κ2) is 21.6. The summed E-state index contributed by atoms with van der Waals surface area (Å²) in [5, 5.41) is 33.2. The monoisotopic (exact) mass is 799 g/mol. The van der Waals surface area contributed by atoms with Gasteiger partial charge in [0.25, 0.3) is 0 Å². The Morgan fingerprint density at radius 1 is 0.737 bits per heavy atom. The van der Waals surface area contributed by atoms with Gasteiger partial charge in [-0.2, -0.15) is 4.99 Å². The Labute approximate surface area is 332 Å². The Morgan fingerprint density at radius 3 is 1.95 bits per heavy atom. The summed E-state index contributed by atoms with van der Waals surface area (Å²) in [4.78, 5) is 81.1. The summed E-state index contributed by atoms with van der Waals surface area (Å²) in [6.07, 6.45) is 1.67. The van der Waals surface area contributed by atoms with E-state index < -0.39 is 49.4 Å². The number of nitrogens with one attached hydrogen (secondary N) is 1. The number of pyridine rings is 3. The third-order valence-electron chi connectivity index (χ3n) is 8.25. The molecule has 0 radical (unpaired) electrons. The lowest BCUT2D eigenvalue weighted by Crippen LogP contribution is -2.46. The highest BCUT2D eigenvalue weighted by atomic mass is 32.1. The summed E-state index contributed by atoms with van der Waals surface area (Å²) in [5.41, 5.74) is 10.0. The van der Waals surface area contributed by atoms with Gasteiger partial charge in [-0.15, -0.1) is 0 Å². The molecule has 2 amide bonds. The van der Waals surface area contributed by atoms with Crippen molar-refractivity contribution in [2.75, 3.05) is 66.0 Å². The number of nitrogens with two attached hydrogens (primary N) is 1. The molecular weight excluding hydrogens is 759 g/mol. The van der Waals surface area contributed by atoms with Gasteiger partial charge < -0.3 is 31.1 Å². The van der Waals surface area contributed by atoms with Gasteiger partial charge in [-0.05, 0) is 71.9 Å². The second-order valence-electron chi connectivity index (χ2n) is 12.6. The second-order valence-corrected chi connectivity index (χ2v) is 12.7.